The number of hydrogen-bond acceptors (Lipinski definition) is 7. The Kier molecular flexibility index (Phi) is 6.02. The monoisotopic (exact) mass is 508 g/mol. The van der Waals surface area contributed by atoms with E-state index in [1.54, 1.807) is 24.3 Å². The maximum atomic E-state index is 13.8. The van der Waals surface area contributed by atoms with Crippen LogP contribution in [-0.4, -0.2) is 37.1 Å². The maximum Gasteiger partial charge on any atom is 0.263 e. The number of anilines is 1. The highest BCUT2D eigenvalue weighted by Gasteiger charge is 2.32. The summed E-state index contributed by atoms with van der Waals surface area (Å²) in [6, 6.07) is 14.8. The molecule has 1 N–H and O–H groups in total. The van der Waals surface area contributed by atoms with E-state index in [1.165, 1.54) is 60.5 Å². The van der Waals surface area contributed by atoms with Gasteiger partial charge in [0.05, 0.1) is 21.8 Å². The van der Waals surface area contributed by atoms with E-state index in [0.717, 1.165) is 0 Å². The molecule has 2 atom stereocenters. The predicted octanol–water partition coefficient (Wildman–Crippen LogP) is 3.88. The van der Waals surface area contributed by atoms with Gasteiger partial charge in [-0.25, -0.2) is 12.8 Å². The van der Waals surface area contributed by atoms with E-state index in [4.69, 9.17) is 4.74 Å². The number of nitrogens with zero attached hydrogens (tertiary/aromatic N) is 3. The van der Waals surface area contributed by atoms with Gasteiger partial charge in [0, 0.05) is 36.7 Å². The van der Waals surface area contributed by atoms with Crippen molar-refractivity contribution in [3.63, 3.8) is 0 Å². The van der Waals surface area contributed by atoms with Crippen LogP contribution in [0.4, 0.5) is 10.2 Å². The first kappa shape index (κ1) is 23.6. The third-order valence-corrected chi connectivity index (χ3v) is 7.35. The van der Waals surface area contributed by atoms with Gasteiger partial charge in [0.1, 0.15) is 18.2 Å². The molecule has 1 aliphatic heterocycles. The summed E-state index contributed by atoms with van der Waals surface area (Å²) in [6.45, 7) is 1.89. The number of benzene rings is 2. The van der Waals surface area contributed by atoms with Crippen molar-refractivity contribution < 1.29 is 22.1 Å². The number of pyridine rings is 1. The van der Waals surface area contributed by atoms with E-state index in [9.17, 15) is 17.6 Å². The van der Waals surface area contributed by atoms with Crippen LogP contribution in [0.25, 0.3) is 16.6 Å². The molecule has 11 heteroatoms. The first-order valence-corrected chi connectivity index (χ1v) is 12.4. The lowest BCUT2D eigenvalue weighted by Crippen LogP contribution is -2.36. The van der Waals surface area contributed by atoms with Crippen molar-refractivity contribution in [2.75, 3.05) is 11.8 Å². The van der Waals surface area contributed by atoms with Gasteiger partial charge in [-0.05, 0) is 42.0 Å². The van der Waals surface area contributed by atoms with Crippen LogP contribution in [0.2, 0.25) is 0 Å². The van der Waals surface area contributed by atoms with Crippen molar-refractivity contribution in [1.82, 2.24) is 9.72 Å². The molecule has 0 amide bonds. The second kappa shape index (κ2) is 9.17. The lowest BCUT2D eigenvalue weighted by molar-refractivity contribution is 0.121. The van der Waals surface area contributed by atoms with Crippen molar-refractivity contribution >= 4 is 38.2 Å². The van der Waals surface area contributed by atoms with Crippen LogP contribution in [0.15, 0.2) is 92.3 Å². The Hall–Kier alpha value is -4.09. The molecule has 2 unspecified atom stereocenters. The number of hydrogen-bond donors (Lipinski definition) is 1. The van der Waals surface area contributed by atoms with E-state index in [2.05, 4.69) is 19.4 Å². The SMILES string of the molecule is COC1C(n2c(=O)ccc3cc(S(=O)(=O)Nc4ccon4)ccc32)=CN=C(c2cccc(F)c2)C1C. The molecule has 0 saturated carbocycles. The summed E-state index contributed by atoms with van der Waals surface area (Å²) in [4.78, 5) is 17.5. The van der Waals surface area contributed by atoms with Crippen LogP contribution in [0.1, 0.15) is 12.5 Å². The van der Waals surface area contributed by atoms with E-state index in [1.807, 2.05) is 6.92 Å². The molecule has 2 aromatic carbocycles. The van der Waals surface area contributed by atoms with Crippen LogP contribution in [0.5, 0.6) is 0 Å². The summed E-state index contributed by atoms with van der Waals surface area (Å²) in [6.07, 6.45) is 2.22. The average molecular weight is 509 g/mol. The fraction of sp³-hybridized carbons (Fsp3) is 0.160. The normalized spacial score (nSPS) is 18.1. The lowest BCUT2D eigenvalue weighted by Gasteiger charge is -2.30. The van der Waals surface area contributed by atoms with Gasteiger partial charge in [-0.2, -0.15) is 0 Å². The summed E-state index contributed by atoms with van der Waals surface area (Å²) < 4.78 is 53.6. The fourth-order valence-electron chi connectivity index (χ4n) is 4.34. The van der Waals surface area contributed by atoms with Crippen molar-refractivity contribution in [3.05, 3.63) is 94.9 Å². The van der Waals surface area contributed by atoms with Gasteiger partial charge in [-0.15, -0.1) is 0 Å². The minimum absolute atomic E-state index is 0.0103. The number of ether oxygens (including phenoxy) is 1. The van der Waals surface area contributed by atoms with E-state index >= 15 is 0 Å². The summed E-state index contributed by atoms with van der Waals surface area (Å²) >= 11 is 0. The first-order chi connectivity index (χ1) is 17.3. The fourth-order valence-corrected chi connectivity index (χ4v) is 5.37. The lowest BCUT2D eigenvalue weighted by atomic mass is 9.89. The van der Waals surface area contributed by atoms with Crippen LogP contribution in [0.3, 0.4) is 0 Å². The minimum Gasteiger partial charge on any atom is -0.374 e. The Morgan fingerprint density at radius 2 is 1.94 bits per heavy atom. The molecule has 1 aliphatic rings. The minimum atomic E-state index is -3.94. The van der Waals surface area contributed by atoms with Gasteiger partial charge in [-0.3, -0.25) is 19.1 Å². The van der Waals surface area contributed by atoms with Crippen molar-refractivity contribution in [3.8, 4) is 0 Å². The largest absolute Gasteiger partial charge is 0.374 e. The summed E-state index contributed by atoms with van der Waals surface area (Å²) in [5.74, 6) is -0.623. The van der Waals surface area contributed by atoms with Crippen LogP contribution < -0.4 is 10.3 Å². The zero-order valence-corrected chi connectivity index (χ0v) is 20.1. The molecule has 4 aromatic rings. The van der Waals surface area contributed by atoms with E-state index in [-0.39, 0.29) is 28.0 Å². The van der Waals surface area contributed by atoms with Crippen molar-refractivity contribution in [2.24, 2.45) is 10.9 Å². The molecule has 36 heavy (non-hydrogen) atoms. The molecular formula is C25H21FN4O5S. The van der Waals surface area contributed by atoms with Crippen molar-refractivity contribution in [1.29, 1.82) is 0 Å². The van der Waals surface area contributed by atoms with Gasteiger partial charge < -0.3 is 9.26 Å². The highest BCUT2D eigenvalue weighted by atomic mass is 32.2. The molecular weight excluding hydrogens is 487 g/mol. The number of halogens is 1. The van der Waals surface area contributed by atoms with Crippen LogP contribution >= 0.6 is 0 Å². The molecule has 3 heterocycles. The second-order valence-electron chi connectivity index (χ2n) is 8.24. The number of aromatic nitrogens is 2. The zero-order valence-electron chi connectivity index (χ0n) is 19.3. The number of nitrogens with one attached hydrogen (secondary N) is 1. The quantitative estimate of drug-likeness (QED) is 0.423. The number of rotatable bonds is 6. The summed E-state index contributed by atoms with van der Waals surface area (Å²) in [5, 5.41) is 4.08. The van der Waals surface area contributed by atoms with Gasteiger partial charge in [-0.1, -0.05) is 24.2 Å². The number of sulfonamides is 1. The molecule has 0 aliphatic carbocycles. The first-order valence-electron chi connectivity index (χ1n) is 10.9. The third-order valence-electron chi connectivity index (χ3n) is 6.00. The van der Waals surface area contributed by atoms with Crippen LogP contribution in [0, 0.1) is 11.7 Å². The standard InChI is InChI=1S/C25H21FN4O5S/c1-15-24(17-4-3-5-18(26)12-17)27-14-21(25(15)34-2)30-20-8-7-19(13-16(20)6-9-23(30)31)36(32,33)29-22-10-11-35-28-22/h3-15,25H,1-2H3,(H,28,29). The zero-order chi connectivity index (χ0) is 25.4. The van der Waals surface area contributed by atoms with Gasteiger partial charge in [0.25, 0.3) is 15.6 Å². The molecule has 0 saturated heterocycles. The number of fused-ring (bicyclic) bond motifs is 1. The summed E-state index contributed by atoms with van der Waals surface area (Å²) in [7, 11) is -2.41. The maximum absolute atomic E-state index is 13.8. The van der Waals surface area contributed by atoms with Gasteiger partial charge >= 0.3 is 0 Å². The highest BCUT2D eigenvalue weighted by Crippen LogP contribution is 2.31. The highest BCUT2D eigenvalue weighted by molar-refractivity contribution is 7.92. The Morgan fingerprint density at radius 3 is 2.67 bits per heavy atom. The molecule has 0 spiro atoms. The van der Waals surface area contributed by atoms with Crippen LogP contribution in [-0.2, 0) is 14.8 Å². The molecule has 184 valence electrons. The molecule has 0 bridgehead atoms. The molecule has 9 nitrogen and oxygen atoms in total. The Balaban J connectivity index is 1.61. The summed E-state index contributed by atoms with van der Waals surface area (Å²) in [5.41, 5.74) is 1.89. The third kappa shape index (κ3) is 4.23. The second-order valence-corrected chi connectivity index (χ2v) is 9.92. The molecule has 0 fully saturated rings. The van der Waals surface area contributed by atoms with Crippen molar-refractivity contribution in [2.45, 2.75) is 17.9 Å². The Labute approximate surface area is 205 Å². The smallest absolute Gasteiger partial charge is 0.263 e. The Bertz CT molecular complexity index is 1680. The molecule has 2 aromatic heterocycles. The van der Waals surface area contributed by atoms with Gasteiger partial charge in [0.15, 0.2) is 5.82 Å². The topological polar surface area (TPSA) is 116 Å². The van der Waals surface area contributed by atoms with Gasteiger partial charge in [0.2, 0.25) is 0 Å². The Morgan fingerprint density at radius 1 is 1.11 bits per heavy atom. The number of aliphatic imine (C=N–C) groups is 1. The molecule has 5 rings (SSSR count). The predicted molar refractivity (Wildman–Crippen MR) is 133 cm³/mol. The average Bonchev–Trinajstić information content (AvgIpc) is 3.36. The van der Waals surface area contributed by atoms with E-state index in [0.29, 0.717) is 27.9 Å². The van der Waals surface area contributed by atoms with E-state index < -0.39 is 16.1 Å². The molecule has 0 radical (unpaired) electrons. The number of methoxy groups -OCH3 is 1.